The summed E-state index contributed by atoms with van der Waals surface area (Å²) in [7, 11) is 1.85. The average Bonchev–Trinajstić information content (AvgIpc) is 2.48. The lowest BCUT2D eigenvalue weighted by atomic mass is 9.71. The lowest BCUT2D eigenvalue weighted by molar-refractivity contribution is -0.121. The fourth-order valence-corrected chi connectivity index (χ4v) is 2.99. The summed E-state index contributed by atoms with van der Waals surface area (Å²) in [6.45, 7) is 0.626. The predicted molar refractivity (Wildman–Crippen MR) is 79.0 cm³/mol. The van der Waals surface area contributed by atoms with Crippen molar-refractivity contribution in [3.05, 3.63) is 30.3 Å². The highest BCUT2D eigenvalue weighted by Crippen LogP contribution is 2.38. The normalized spacial score (nSPS) is 18.0. The minimum Gasteiger partial charge on any atom is -0.330 e. The van der Waals surface area contributed by atoms with Gasteiger partial charge in [0.25, 0.3) is 0 Å². The second-order valence-corrected chi connectivity index (χ2v) is 5.73. The summed E-state index contributed by atoms with van der Waals surface area (Å²) in [5.74, 6) is 0.179. The molecule has 2 N–H and O–H groups in total. The molecule has 0 heterocycles. The number of nitrogens with two attached hydrogens (primary N) is 1. The van der Waals surface area contributed by atoms with Crippen LogP contribution in [0, 0.1) is 5.41 Å². The molecule has 0 aliphatic heterocycles. The highest BCUT2D eigenvalue weighted by molar-refractivity contribution is 5.93. The molecule has 1 fully saturated rings. The van der Waals surface area contributed by atoms with Crippen LogP contribution in [0.2, 0.25) is 0 Å². The van der Waals surface area contributed by atoms with Crippen LogP contribution in [0.5, 0.6) is 0 Å². The lowest BCUT2D eigenvalue weighted by Gasteiger charge is -2.36. The van der Waals surface area contributed by atoms with Crippen LogP contribution in [0.25, 0.3) is 0 Å². The van der Waals surface area contributed by atoms with E-state index < -0.39 is 0 Å². The number of nitrogens with zero attached hydrogens (tertiary/aromatic N) is 1. The molecule has 1 amide bonds. The second-order valence-electron chi connectivity index (χ2n) is 5.73. The SMILES string of the molecule is CN(C(=O)CC1(CN)CCCCC1)c1ccccc1. The summed E-state index contributed by atoms with van der Waals surface area (Å²) >= 11 is 0. The summed E-state index contributed by atoms with van der Waals surface area (Å²) in [6.07, 6.45) is 6.47. The molecule has 0 unspecified atom stereocenters. The van der Waals surface area contributed by atoms with E-state index in [-0.39, 0.29) is 11.3 Å². The van der Waals surface area contributed by atoms with Gasteiger partial charge in [-0.3, -0.25) is 4.79 Å². The van der Waals surface area contributed by atoms with Crippen molar-refractivity contribution in [1.82, 2.24) is 0 Å². The fraction of sp³-hybridized carbons (Fsp3) is 0.562. The van der Waals surface area contributed by atoms with Gasteiger partial charge in [-0.2, -0.15) is 0 Å². The molecule has 2 rings (SSSR count). The largest absolute Gasteiger partial charge is 0.330 e. The number of amides is 1. The standard InChI is InChI=1S/C16H24N2O/c1-18(14-8-4-2-5-9-14)15(19)12-16(13-17)10-6-3-7-11-16/h2,4-5,8-9H,3,6-7,10-13,17H2,1H3. The summed E-state index contributed by atoms with van der Waals surface area (Å²) in [6, 6.07) is 9.81. The first-order valence-corrected chi connectivity index (χ1v) is 7.19. The topological polar surface area (TPSA) is 46.3 Å². The van der Waals surface area contributed by atoms with Crippen molar-refractivity contribution in [3.8, 4) is 0 Å². The van der Waals surface area contributed by atoms with Crippen molar-refractivity contribution in [2.24, 2.45) is 11.1 Å². The maximum atomic E-state index is 12.4. The Hall–Kier alpha value is -1.35. The van der Waals surface area contributed by atoms with Crippen molar-refractivity contribution >= 4 is 11.6 Å². The molecular weight excluding hydrogens is 236 g/mol. The van der Waals surface area contributed by atoms with E-state index in [0.717, 1.165) is 18.5 Å². The Labute approximate surface area is 115 Å². The summed E-state index contributed by atoms with van der Waals surface area (Å²) in [4.78, 5) is 14.2. The third-order valence-corrected chi connectivity index (χ3v) is 4.39. The molecule has 0 radical (unpaired) electrons. The fourth-order valence-electron chi connectivity index (χ4n) is 2.99. The van der Waals surface area contributed by atoms with Crippen LogP contribution in [0.15, 0.2) is 30.3 Å². The number of carbonyl (C=O) groups is 1. The van der Waals surface area contributed by atoms with E-state index >= 15 is 0 Å². The third kappa shape index (κ3) is 3.35. The molecule has 1 aromatic carbocycles. The molecule has 1 aromatic rings. The molecular formula is C16H24N2O. The zero-order chi connectivity index (χ0) is 13.7. The molecule has 0 bridgehead atoms. The first-order chi connectivity index (χ1) is 9.17. The summed E-state index contributed by atoms with van der Waals surface area (Å²) < 4.78 is 0. The number of benzene rings is 1. The van der Waals surface area contributed by atoms with Crippen molar-refractivity contribution in [3.63, 3.8) is 0 Å². The van der Waals surface area contributed by atoms with Crippen molar-refractivity contribution in [2.45, 2.75) is 38.5 Å². The van der Waals surface area contributed by atoms with Crippen LogP contribution in [0.3, 0.4) is 0 Å². The molecule has 3 heteroatoms. The monoisotopic (exact) mass is 260 g/mol. The Kier molecular flexibility index (Phi) is 4.59. The van der Waals surface area contributed by atoms with Crippen molar-refractivity contribution in [2.75, 3.05) is 18.5 Å². The number of rotatable bonds is 4. The molecule has 19 heavy (non-hydrogen) atoms. The van der Waals surface area contributed by atoms with Gasteiger partial charge in [0.05, 0.1) is 0 Å². The van der Waals surface area contributed by atoms with Gasteiger partial charge in [0.2, 0.25) is 5.91 Å². The van der Waals surface area contributed by atoms with E-state index in [2.05, 4.69) is 0 Å². The Morgan fingerprint density at radius 3 is 2.42 bits per heavy atom. The number of hydrogen-bond donors (Lipinski definition) is 1. The average molecular weight is 260 g/mol. The van der Waals surface area contributed by atoms with Gasteiger partial charge in [-0.05, 0) is 36.9 Å². The maximum absolute atomic E-state index is 12.4. The second kappa shape index (κ2) is 6.20. The van der Waals surface area contributed by atoms with Gasteiger partial charge in [0.1, 0.15) is 0 Å². The van der Waals surface area contributed by atoms with E-state index in [1.165, 1.54) is 19.3 Å². The molecule has 104 valence electrons. The molecule has 0 spiro atoms. The summed E-state index contributed by atoms with van der Waals surface area (Å²) in [5.41, 5.74) is 6.95. The van der Waals surface area contributed by atoms with E-state index in [1.807, 2.05) is 37.4 Å². The minimum absolute atomic E-state index is 0.0401. The van der Waals surface area contributed by atoms with Crippen LogP contribution in [-0.4, -0.2) is 19.5 Å². The van der Waals surface area contributed by atoms with E-state index in [1.54, 1.807) is 4.90 Å². The van der Waals surface area contributed by atoms with Crippen LogP contribution in [0.4, 0.5) is 5.69 Å². The van der Waals surface area contributed by atoms with Gasteiger partial charge in [0.15, 0.2) is 0 Å². The van der Waals surface area contributed by atoms with Crippen LogP contribution >= 0.6 is 0 Å². The van der Waals surface area contributed by atoms with Crippen LogP contribution in [-0.2, 0) is 4.79 Å². The van der Waals surface area contributed by atoms with E-state index in [0.29, 0.717) is 13.0 Å². The quantitative estimate of drug-likeness (QED) is 0.904. The number of anilines is 1. The summed E-state index contributed by atoms with van der Waals surface area (Å²) in [5, 5.41) is 0. The molecule has 3 nitrogen and oxygen atoms in total. The lowest BCUT2D eigenvalue weighted by Crippen LogP contribution is -2.39. The zero-order valence-electron chi connectivity index (χ0n) is 11.8. The molecule has 0 saturated heterocycles. The number of hydrogen-bond acceptors (Lipinski definition) is 2. The van der Waals surface area contributed by atoms with Crippen LogP contribution < -0.4 is 10.6 Å². The Balaban J connectivity index is 2.03. The van der Waals surface area contributed by atoms with Gasteiger partial charge >= 0.3 is 0 Å². The first kappa shape index (κ1) is 14.1. The van der Waals surface area contributed by atoms with Gasteiger partial charge in [0, 0.05) is 19.2 Å². The van der Waals surface area contributed by atoms with Crippen LogP contribution in [0.1, 0.15) is 38.5 Å². The predicted octanol–water partition coefficient (Wildman–Crippen LogP) is 2.95. The number of carbonyl (C=O) groups excluding carboxylic acids is 1. The van der Waals surface area contributed by atoms with Crippen molar-refractivity contribution < 1.29 is 4.79 Å². The van der Waals surface area contributed by atoms with Gasteiger partial charge in [-0.15, -0.1) is 0 Å². The molecule has 1 aliphatic rings. The zero-order valence-corrected chi connectivity index (χ0v) is 11.8. The molecule has 0 aromatic heterocycles. The smallest absolute Gasteiger partial charge is 0.227 e. The van der Waals surface area contributed by atoms with Crippen molar-refractivity contribution in [1.29, 1.82) is 0 Å². The Bertz CT molecular complexity index is 410. The maximum Gasteiger partial charge on any atom is 0.227 e. The van der Waals surface area contributed by atoms with E-state index in [4.69, 9.17) is 5.73 Å². The van der Waals surface area contributed by atoms with Gasteiger partial charge < -0.3 is 10.6 Å². The van der Waals surface area contributed by atoms with Gasteiger partial charge in [-0.25, -0.2) is 0 Å². The first-order valence-electron chi connectivity index (χ1n) is 7.19. The highest BCUT2D eigenvalue weighted by Gasteiger charge is 2.34. The molecule has 1 aliphatic carbocycles. The highest BCUT2D eigenvalue weighted by atomic mass is 16.2. The Morgan fingerprint density at radius 1 is 1.21 bits per heavy atom. The number of para-hydroxylation sites is 1. The third-order valence-electron chi connectivity index (χ3n) is 4.39. The van der Waals surface area contributed by atoms with Gasteiger partial charge in [-0.1, -0.05) is 37.5 Å². The minimum atomic E-state index is 0.0401. The van der Waals surface area contributed by atoms with E-state index in [9.17, 15) is 4.79 Å². The molecule has 1 saturated carbocycles. The molecule has 0 atom stereocenters. The Morgan fingerprint density at radius 2 is 1.84 bits per heavy atom.